The second-order valence-electron chi connectivity index (χ2n) is 5.11. The Kier molecular flexibility index (Phi) is 5.83. The van der Waals surface area contributed by atoms with Crippen LogP contribution >= 0.6 is 0 Å². The van der Waals surface area contributed by atoms with Crippen LogP contribution in [0.5, 0.6) is 0 Å². The van der Waals surface area contributed by atoms with Gasteiger partial charge in [-0.2, -0.15) is 0 Å². The Hall–Kier alpha value is -0.900. The van der Waals surface area contributed by atoms with Crippen LogP contribution in [0.3, 0.4) is 0 Å². The highest BCUT2D eigenvalue weighted by Gasteiger charge is 2.12. The van der Waals surface area contributed by atoms with Crippen molar-refractivity contribution in [2.24, 2.45) is 0 Å². The quantitative estimate of drug-likeness (QED) is 0.855. The van der Waals surface area contributed by atoms with Crippen molar-refractivity contribution in [2.45, 2.75) is 45.4 Å². The molecule has 0 spiro atoms. The van der Waals surface area contributed by atoms with Crippen LogP contribution in [0.1, 0.15) is 43.9 Å². The van der Waals surface area contributed by atoms with Crippen molar-refractivity contribution in [1.29, 1.82) is 0 Å². The topological polar surface area (TPSA) is 30.5 Å². The summed E-state index contributed by atoms with van der Waals surface area (Å²) in [6, 6.07) is 9.33. The number of rotatable bonds is 6. The van der Waals surface area contributed by atoms with E-state index in [1.54, 1.807) is 0 Å². The molecule has 3 heteroatoms. The lowest BCUT2D eigenvalue weighted by Gasteiger charge is -2.23. The standard InChI is InChI=1S/C16H25NO2/c1-3-19-13(2)15-6-4-14(5-7-15)12-17-16-8-10-18-11-9-16/h4-7,13,16-17H,3,8-12H2,1-2H3. The second-order valence-corrected chi connectivity index (χ2v) is 5.11. The third-order valence-corrected chi connectivity index (χ3v) is 3.68. The summed E-state index contributed by atoms with van der Waals surface area (Å²) >= 11 is 0. The maximum Gasteiger partial charge on any atom is 0.0796 e. The number of hydrogen-bond acceptors (Lipinski definition) is 3. The molecule has 1 atom stereocenters. The summed E-state index contributed by atoms with van der Waals surface area (Å²) in [6.07, 6.45) is 2.43. The van der Waals surface area contributed by atoms with Gasteiger partial charge in [-0.3, -0.25) is 0 Å². The minimum atomic E-state index is 0.183. The molecule has 3 nitrogen and oxygen atoms in total. The molecule has 1 aliphatic rings. The van der Waals surface area contributed by atoms with Crippen molar-refractivity contribution >= 4 is 0 Å². The van der Waals surface area contributed by atoms with Crippen LogP contribution in [0.25, 0.3) is 0 Å². The van der Waals surface area contributed by atoms with Gasteiger partial charge in [0, 0.05) is 32.4 Å². The Morgan fingerprint density at radius 1 is 1.26 bits per heavy atom. The minimum absolute atomic E-state index is 0.183. The third kappa shape index (κ3) is 4.60. The maximum absolute atomic E-state index is 5.59. The van der Waals surface area contributed by atoms with Crippen molar-refractivity contribution < 1.29 is 9.47 Å². The Labute approximate surface area is 116 Å². The molecular formula is C16H25NO2. The van der Waals surface area contributed by atoms with E-state index in [4.69, 9.17) is 9.47 Å². The molecule has 1 unspecified atom stereocenters. The molecule has 0 radical (unpaired) electrons. The first-order valence-corrected chi connectivity index (χ1v) is 7.31. The van der Waals surface area contributed by atoms with E-state index >= 15 is 0 Å². The van der Waals surface area contributed by atoms with E-state index in [0.29, 0.717) is 6.04 Å². The first-order chi connectivity index (χ1) is 9.29. The molecule has 1 fully saturated rings. The lowest BCUT2D eigenvalue weighted by molar-refractivity contribution is 0.0762. The second kappa shape index (κ2) is 7.63. The van der Waals surface area contributed by atoms with Gasteiger partial charge in [-0.1, -0.05) is 24.3 Å². The van der Waals surface area contributed by atoms with Gasteiger partial charge >= 0.3 is 0 Å². The predicted octanol–water partition coefficient (Wildman–Crippen LogP) is 3.05. The summed E-state index contributed by atoms with van der Waals surface area (Å²) in [5, 5.41) is 3.60. The van der Waals surface area contributed by atoms with Crippen LogP contribution in [-0.2, 0) is 16.0 Å². The van der Waals surface area contributed by atoms with Gasteiger partial charge in [-0.05, 0) is 37.8 Å². The lowest BCUT2D eigenvalue weighted by atomic mass is 10.1. The van der Waals surface area contributed by atoms with Crippen LogP contribution in [-0.4, -0.2) is 25.9 Å². The van der Waals surface area contributed by atoms with Gasteiger partial charge < -0.3 is 14.8 Å². The number of ether oxygens (including phenoxy) is 2. The molecule has 1 aromatic carbocycles. The normalized spacial score (nSPS) is 18.4. The molecule has 1 aromatic rings. The van der Waals surface area contributed by atoms with Gasteiger partial charge in [0.2, 0.25) is 0 Å². The van der Waals surface area contributed by atoms with Crippen molar-refractivity contribution in [3.05, 3.63) is 35.4 Å². The Balaban J connectivity index is 1.81. The molecule has 0 amide bonds. The maximum atomic E-state index is 5.59. The Morgan fingerprint density at radius 3 is 2.58 bits per heavy atom. The highest BCUT2D eigenvalue weighted by molar-refractivity contribution is 5.24. The molecule has 19 heavy (non-hydrogen) atoms. The smallest absolute Gasteiger partial charge is 0.0796 e. The van der Waals surface area contributed by atoms with Gasteiger partial charge in [-0.15, -0.1) is 0 Å². The van der Waals surface area contributed by atoms with Crippen LogP contribution in [0.15, 0.2) is 24.3 Å². The zero-order valence-electron chi connectivity index (χ0n) is 12.0. The fourth-order valence-corrected chi connectivity index (χ4v) is 2.42. The van der Waals surface area contributed by atoms with Crippen molar-refractivity contribution in [2.75, 3.05) is 19.8 Å². The number of benzene rings is 1. The molecule has 0 aromatic heterocycles. The average Bonchev–Trinajstić information content (AvgIpc) is 2.47. The molecule has 0 bridgehead atoms. The highest BCUT2D eigenvalue weighted by atomic mass is 16.5. The van der Waals surface area contributed by atoms with Gasteiger partial charge in [0.05, 0.1) is 6.10 Å². The van der Waals surface area contributed by atoms with Crippen LogP contribution in [0.4, 0.5) is 0 Å². The molecule has 0 aliphatic carbocycles. The first-order valence-electron chi connectivity index (χ1n) is 7.31. The van der Waals surface area contributed by atoms with Crippen LogP contribution < -0.4 is 5.32 Å². The summed E-state index contributed by atoms with van der Waals surface area (Å²) in [7, 11) is 0. The van der Waals surface area contributed by atoms with Gasteiger partial charge in [0.25, 0.3) is 0 Å². The summed E-state index contributed by atoms with van der Waals surface area (Å²) in [6.45, 7) is 7.61. The van der Waals surface area contributed by atoms with E-state index in [9.17, 15) is 0 Å². The molecule has 1 aliphatic heterocycles. The largest absolute Gasteiger partial charge is 0.381 e. The highest BCUT2D eigenvalue weighted by Crippen LogP contribution is 2.17. The minimum Gasteiger partial charge on any atom is -0.381 e. The fraction of sp³-hybridized carbons (Fsp3) is 0.625. The molecule has 106 valence electrons. The Bertz CT molecular complexity index is 358. The number of nitrogens with one attached hydrogen (secondary N) is 1. The van der Waals surface area contributed by atoms with E-state index in [-0.39, 0.29) is 6.10 Å². The SMILES string of the molecule is CCOC(C)c1ccc(CNC2CCOCC2)cc1. The summed E-state index contributed by atoms with van der Waals surface area (Å²) < 4.78 is 11.0. The van der Waals surface area contributed by atoms with E-state index in [1.165, 1.54) is 11.1 Å². The molecular weight excluding hydrogens is 238 g/mol. The molecule has 1 saturated heterocycles. The first kappa shape index (κ1) is 14.5. The van der Waals surface area contributed by atoms with Crippen LogP contribution in [0, 0.1) is 0 Å². The summed E-state index contributed by atoms with van der Waals surface area (Å²) in [5.41, 5.74) is 2.58. The summed E-state index contributed by atoms with van der Waals surface area (Å²) in [4.78, 5) is 0. The van der Waals surface area contributed by atoms with Gasteiger partial charge in [0.15, 0.2) is 0 Å². The zero-order valence-corrected chi connectivity index (χ0v) is 12.0. The molecule has 2 rings (SSSR count). The van der Waals surface area contributed by atoms with E-state index in [1.807, 2.05) is 6.92 Å². The van der Waals surface area contributed by atoms with Gasteiger partial charge in [-0.25, -0.2) is 0 Å². The molecule has 1 N–H and O–H groups in total. The molecule has 0 saturated carbocycles. The average molecular weight is 263 g/mol. The van der Waals surface area contributed by atoms with E-state index in [0.717, 1.165) is 39.2 Å². The van der Waals surface area contributed by atoms with Crippen molar-refractivity contribution in [3.63, 3.8) is 0 Å². The number of hydrogen-bond donors (Lipinski definition) is 1. The fourth-order valence-electron chi connectivity index (χ4n) is 2.42. The third-order valence-electron chi connectivity index (χ3n) is 3.68. The van der Waals surface area contributed by atoms with Crippen molar-refractivity contribution in [1.82, 2.24) is 5.32 Å². The molecule has 1 heterocycles. The van der Waals surface area contributed by atoms with E-state index in [2.05, 4.69) is 36.5 Å². The van der Waals surface area contributed by atoms with Crippen LogP contribution in [0.2, 0.25) is 0 Å². The summed E-state index contributed by atoms with van der Waals surface area (Å²) in [5.74, 6) is 0. The lowest BCUT2D eigenvalue weighted by Crippen LogP contribution is -2.34. The monoisotopic (exact) mass is 263 g/mol. The zero-order chi connectivity index (χ0) is 13.5. The van der Waals surface area contributed by atoms with Crippen molar-refractivity contribution in [3.8, 4) is 0 Å². The van der Waals surface area contributed by atoms with Gasteiger partial charge in [0.1, 0.15) is 0 Å². The predicted molar refractivity (Wildman–Crippen MR) is 77.2 cm³/mol. The van der Waals surface area contributed by atoms with E-state index < -0.39 is 0 Å². The Morgan fingerprint density at radius 2 is 1.95 bits per heavy atom.